The van der Waals surface area contributed by atoms with Gasteiger partial charge in [0.05, 0.1) is 17.3 Å². The molecule has 0 aliphatic rings. The van der Waals surface area contributed by atoms with Crippen LogP contribution in [0.5, 0.6) is 0 Å². The molecule has 112 valence electrons. The maximum absolute atomic E-state index is 13.0. The number of carboxylic acid groups (broad SMARTS) is 1. The van der Waals surface area contributed by atoms with Gasteiger partial charge < -0.3 is 5.11 Å². The van der Waals surface area contributed by atoms with Crippen LogP contribution in [-0.2, 0) is 4.79 Å². The maximum Gasteiger partial charge on any atom is 0.316 e. The number of rotatable bonds is 4. The van der Waals surface area contributed by atoms with Crippen molar-refractivity contribution in [2.45, 2.75) is 17.2 Å². The molecule has 0 amide bonds. The number of aliphatic carboxylic acids is 1. The molecule has 0 radical (unpaired) electrons. The largest absolute Gasteiger partial charge is 0.480 e. The van der Waals surface area contributed by atoms with Crippen LogP contribution in [0.15, 0.2) is 41.8 Å². The predicted octanol–water partition coefficient (Wildman–Crippen LogP) is 2.52. The highest BCUT2D eigenvalue weighted by Crippen LogP contribution is 2.28. The molecule has 1 unspecified atom stereocenters. The van der Waals surface area contributed by atoms with E-state index in [9.17, 15) is 9.18 Å². The van der Waals surface area contributed by atoms with Gasteiger partial charge >= 0.3 is 5.97 Å². The van der Waals surface area contributed by atoms with Crippen LogP contribution in [-0.4, -0.2) is 36.1 Å². The third kappa shape index (κ3) is 2.64. The van der Waals surface area contributed by atoms with E-state index in [1.807, 2.05) is 0 Å². The van der Waals surface area contributed by atoms with Crippen LogP contribution >= 0.6 is 11.8 Å². The van der Waals surface area contributed by atoms with Gasteiger partial charge in [-0.3, -0.25) is 4.79 Å². The second-order valence-corrected chi connectivity index (χ2v) is 5.88. The molecule has 0 aliphatic heterocycles. The average Bonchev–Trinajstić information content (AvgIpc) is 2.93. The van der Waals surface area contributed by atoms with Gasteiger partial charge in [0.25, 0.3) is 0 Å². The normalized spacial score (nSPS) is 12.5. The third-order valence-electron chi connectivity index (χ3n) is 3.04. The minimum absolute atomic E-state index is 0.332. The number of thioether (sulfide) groups is 1. The monoisotopic (exact) mass is 318 g/mol. The molecule has 0 saturated carbocycles. The minimum Gasteiger partial charge on any atom is -0.480 e. The Hall–Kier alpha value is -2.48. The first-order valence-electron chi connectivity index (χ1n) is 6.40. The Balaban J connectivity index is 2.05. The van der Waals surface area contributed by atoms with Crippen molar-refractivity contribution in [2.75, 3.05) is 0 Å². The van der Waals surface area contributed by atoms with Gasteiger partial charge in [-0.2, -0.15) is 5.10 Å². The summed E-state index contributed by atoms with van der Waals surface area (Å²) in [6, 6.07) is 5.87. The smallest absolute Gasteiger partial charge is 0.316 e. The van der Waals surface area contributed by atoms with Gasteiger partial charge in [-0.15, -0.1) is 0 Å². The molecule has 1 aromatic carbocycles. The molecule has 8 heteroatoms. The lowest BCUT2D eigenvalue weighted by Crippen LogP contribution is -2.11. The van der Waals surface area contributed by atoms with Gasteiger partial charge in [0, 0.05) is 0 Å². The molecule has 2 aromatic heterocycles. The molecule has 1 N–H and O–H groups in total. The van der Waals surface area contributed by atoms with Crippen LogP contribution < -0.4 is 0 Å². The summed E-state index contributed by atoms with van der Waals surface area (Å²) in [5.41, 5.74) is 1.21. The van der Waals surface area contributed by atoms with Crippen LogP contribution in [0.4, 0.5) is 4.39 Å². The quantitative estimate of drug-likeness (QED) is 0.588. The van der Waals surface area contributed by atoms with E-state index in [-0.39, 0.29) is 5.82 Å². The topological polar surface area (TPSA) is 80.9 Å². The summed E-state index contributed by atoms with van der Waals surface area (Å²) in [5, 5.41) is 13.8. The molecule has 3 aromatic rings. The summed E-state index contributed by atoms with van der Waals surface area (Å²) in [6.07, 6.45) is 2.94. The lowest BCUT2D eigenvalue weighted by Gasteiger charge is -2.06. The molecule has 0 saturated heterocycles. The Labute approximate surface area is 129 Å². The minimum atomic E-state index is -0.914. The number of fused-ring (bicyclic) bond motifs is 1. The van der Waals surface area contributed by atoms with E-state index in [0.717, 1.165) is 11.8 Å². The first-order valence-corrected chi connectivity index (χ1v) is 7.28. The molecule has 22 heavy (non-hydrogen) atoms. The van der Waals surface area contributed by atoms with Crippen LogP contribution in [0.25, 0.3) is 16.7 Å². The fraction of sp³-hybridized carbons (Fsp3) is 0.143. The summed E-state index contributed by atoms with van der Waals surface area (Å²) < 4.78 is 14.6. The fourth-order valence-corrected chi connectivity index (χ4v) is 2.72. The number of halogens is 1. The maximum atomic E-state index is 13.0. The van der Waals surface area contributed by atoms with E-state index in [0.29, 0.717) is 21.7 Å². The molecule has 3 rings (SSSR count). The van der Waals surface area contributed by atoms with Crippen molar-refractivity contribution < 1.29 is 14.3 Å². The Bertz CT molecular complexity index is 834. The van der Waals surface area contributed by atoms with Crippen LogP contribution in [0.1, 0.15) is 6.92 Å². The second kappa shape index (κ2) is 5.72. The molecular formula is C14H11FN4O2S. The van der Waals surface area contributed by atoms with Crippen molar-refractivity contribution in [1.29, 1.82) is 0 Å². The van der Waals surface area contributed by atoms with E-state index in [1.54, 1.807) is 29.9 Å². The molecule has 0 aliphatic carbocycles. The van der Waals surface area contributed by atoms with Gasteiger partial charge in [-0.05, 0) is 31.2 Å². The summed E-state index contributed by atoms with van der Waals surface area (Å²) in [7, 11) is 0. The van der Waals surface area contributed by atoms with Gasteiger partial charge in [-0.1, -0.05) is 11.8 Å². The Kier molecular flexibility index (Phi) is 3.76. The van der Waals surface area contributed by atoms with E-state index in [1.165, 1.54) is 18.5 Å². The molecule has 6 nitrogen and oxygen atoms in total. The molecule has 0 fully saturated rings. The van der Waals surface area contributed by atoms with Crippen molar-refractivity contribution in [3.8, 4) is 5.69 Å². The van der Waals surface area contributed by atoms with E-state index >= 15 is 0 Å². The predicted molar refractivity (Wildman–Crippen MR) is 79.6 cm³/mol. The molecule has 2 heterocycles. The van der Waals surface area contributed by atoms with Gasteiger partial charge in [-0.25, -0.2) is 19.0 Å². The Morgan fingerprint density at radius 1 is 1.32 bits per heavy atom. The molecule has 0 spiro atoms. The van der Waals surface area contributed by atoms with Crippen molar-refractivity contribution >= 4 is 28.8 Å². The third-order valence-corrected chi connectivity index (χ3v) is 4.14. The van der Waals surface area contributed by atoms with Crippen LogP contribution in [0.2, 0.25) is 0 Å². The molecular weight excluding hydrogens is 307 g/mol. The first kappa shape index (κ1) is 14.5. The van der Waals surface area contributed by atoms with Crippen molar-refractivity contribution in [1.82, 2.24) is 19.7 Å². The highest BCUT2D eigenvalue weighted by atomic mass is 32.2. The fourth-order valence-electron chi connectivity index (χ4n) is 1.91. The summed E-state index contributed by atoms with van der Waals surface area (Å²) in [6.45, 7) is 1.59. The highest BCUT2D eigenvalue weighted by Gasteiger charge is 2.17. The van der Waals surface area contributed by atoms with Crippen molar-refractivity contribution in [2.24, 2.45) is 0 Å². The van der Waals surface area contributed by atoms with Gasteiger partial charge in [0.2, 0.25) is 0 Å². The number of hydrogen-bond donors (Lipinski definition) is 1. The van der Waals surface area contributed by atoms with Crippen LogP contribution in [0.3, 0.4) is 0 Å². The van der Waals surface area contributed by atoms with Gasteiger partial charge in [0.15, 0.2) is 5.65 Å². The number of nitrogens with zero attached hydrogens (tertiary/aromatic N) is 4. The highest BCUT2D eigenvalue weighted by molar-refractivity contribution is 8.00. The lowest BCUT2D eigenvalue weighted by atomic mass is 10.3. The first-order chi connectivity index (χ1) is 10.6. The van der Waals surface area contributed by atoms with Crippen molar-refractivity contribution in [3.63, 3.8) is 0 Å². The van der Waals surface area contributed by atoms with Crippen LogP contribution in [0, 0.1) is 5.82 Å². The lowest BCUT2D eigenvalue weighted by molar-refractivity contribution is -0.136. The number of hydrogen-bond acceptors (Lipinski definition) is 5. The summed E-state index contributed by atoms with van der Waals surface area (Å²) in [5.74, 6) is -1.25. The number of carboxylic acids is 1. The van der Waals surface area contributed by atoms with E-state index in [2.05, 4.69) is 15.1 Å². The standard InChI is InChI=1S/C14H11FN4O2S/c1-8(14(20)21)22-13-11-6-18-19(12(11)16-7-17-13)10-4-2-9(15)3-5-10/h2-8H,1H3,(H,20,21). The van der Waals surface area contributed by atoms with E-state index < -0.39 is 11.2 Å². The molecule has 1 atom stereocenters. The van der Waals surface area contributed by atoms with E-state index in [4.69, 9.17) is 5.11 Å². The number of benzene rings is 1. The Morgan fingerprint density at radius 3 is 2.73 bits per heavy atom. The number of aromatic nitrogens is 4. The average molecular weight is 318 g/mol. The summed E-state index contributed by atoms with van der Waals surface area (Å²) >= 11 is 1.13. The van der Waals surface area contributed by atoms with Crippen molar-refractivity contribution in [3.05, 3.63) is 42.6 Å². The van der Waals surface area contributed by atoms with Gasteiger partial charge in [0.1, 0.15) is 22.4 Å². The zero-order valence-electron chi connectivity index (χ0n) is 11.5. The molecule has 0 bridgehead atoms. The zero-order valence-corrected chi connectivity index (χ0v) is 12.3. The Morgan fingerprint density at radius 2 is 2.05 bits per heavy atom. The SMILES string of the molecule is CC(Sc1ncnc2c1cnn2-c1ccc(F)cc1)C(=O)O. The number of carbonyl (C=O) groups is 1. The summed E-state index contributed by atoms with van der Waals surface area (Å²) in [4.78, 5) is 19.3. The zero-order chi connectivity index (χ0) is 15.7. The second-order valence-electron chi connectivity index (χ2n) is 4.55.